The van der Waals surface area contributed by atoms with Crippen LogP contribution in [0.15, 0.2) is 72.2 Å². The van der Waals surface area contributed by atoms with Gasteiger partial charge in [0.15, 0.2) is 5.96 Å². The van der Waals surface area contributed by atoms with Gasteiger partial charge in [-0.3, -0.25) is 0 Å². The molecule has 0 aliphatic carbocycles. The molecule has 1 atom stereocenters. The second-order valence-corrected chi connectivity index (χ2v) is 7.11. The van der Waals surface area contributed by atoms with Crippen molar-refractivity contribution in [2.45, 2.75) is 25.9 Å². The van der Waals surface area contributed by atoms with Crippen molar-refractivity contribution in [3.8, 4) is 5.69 Å². The molecule has 7 heteroatoms. The first-order valence-corrected chi connectivity index (χ1v) is 10.1. The van der Waals surface area contributed by atoms with Crippen LogP contribution in [0.4, 0.5) is 5.69 Å². The van der Waals surface area contributed by atoms with Crippen molar-refractivity contribution in [1.29, 1.82) is 0 Å². The normalized spacial score (nSPS) is 16.8. The van der Waals surface area contributed by atoms with Crippen molar-refractivity contribution in [2.24, 2.45) is 4.99 Å². The molecule has 1 aliphatic rings. The smallest absolute Gasteiger partial charge is 0.191 e. The van der Waals surface area contributed by atoms with Gasteiger partial charge in [0.25, 0.3) is 0 Å². The van der Waals surface area contributed by atoms with Crippen LogP contribution in [-0.2, 0) is 6.54 Å². The number of nitrogens with zero attached hydrogens (tertiary/aromatic N) is 5. The first-order chi connectivity index (χ1) is 14.3. The highest BCUT2D eigenvalue weighted by molar-refractivity contribution is 5.80. The van der Waals surface area contributed by atoms with Gasteiger partial charge in [0.2, 0.25) is 0 Å². The van der Waals surface area contributed by atoms with Crippen molar-refractivity contribution in [1.82, 2.24) is 25.4 Å². The maximum atomic E-state index is 4.78. The Morgan fingerprint density at radius 2 is 1.93 bits per heavy atom. The number of rotatable bonds is 6. The highest BCUT2D eigenvalue weighted by atomic mass is 15.3. The van der Waals surface area contributed by atoms with Gasteiger partial charge >= 0.3 is 0 Å². The topological polar surface area (TPSA) is 70.4 Å². The molecule has 2 heterocycles. The van der Waals surface area contributed by atoms with Gasteiger partial charge in [-0.05, 0) is 43.2 Å². The molecule has 1 fully saturated rings. The Morgan fingerprint density at radius 1 is 1.10 bits per heavy atom. The molecule has 2 aromatic carbocycles. The minimum Gasteiger partial charge on any atom is -0.369 e. The van der Waals surface area contributed by atoms with Crippen LogP contribution in [0.5, 0.6) is 0 Å². The third-order valence-corrected chi connectivity index (χ3v) is 5.03. The number of nitrogens with one attached hydrogen (secondary N) is 2. The van der Waals surface area contributed by atoms with E-state index in [1.54, 1.807) is 11.0 Å². The van der Waals surface area contributed by atoms with Crippen LogP contribution >= 0.6 is 0 Å². The largest absolute Gasteiger partial charge is 0.369 e. The minimum absolute atomic E-state index is 0.391. The average molecular weight is 390 g/mol. The number of para-hydroxylation sites is 1. The fourth-order valence-corrected chi connectivity index (χ4v) is 3.53. The van der Waals surface area contributed by atoms with Crippen LogP contribution in [0.2, 0.25) is 0 Å². The first kappa shape index (κ1) is 19.0. The second kappa shape index (κ2) is 9.23. The number of guanidine groups is 1. The van der Waals surface area contributed by atoms with Gasteiger partial charge in [0.05, 0.1) is 12.2 Å². The molecule has 1 aliphatic heterocycles. The summed E-state index contributed by atoms with van der Waals surface area (Å²) in [5.74, 6) is 0.868. The van der Waals surface area contributed by atoms with Crippen molar-refractivity contribution in [2.75, 3.05) is 24.5 Å². The van der Waals surface area contributed by atoms with E-state index in [0.29, 0.717) is 12.6 Å². The summed E-state index contributed by atoms with van der Waals surface area (Å²) in [5.41, 5.74) is 3.43. The molecular formula is C22H27N7. The van der Waals surface area contributed by atoms with Gasteiger partial charge < -0.3 is 15.5 Å². The number of anilines is 1. The van der Waals surface area contributed by atoms with E-state index in [-0.39, 0.29) is 0 Å². The predicted molar refractivity (Wildman–Crippen MR) is 116 cm³/mol. The van der Waals surface area contributed by atoms with Gasteiger partial charge in [-0.2, -0.15) is 5.10 Å². The fourth-order valence-electron chi connectivity index (χ4n) is 3.53. The summed E-state index contributed by atoms with van der Waals surface area (Å²) in [6, 6.07) is 19.2. The van der Waals surface area contributed by atoms with Crippen LogP contribution in [0.25, 0.3) is 5.69 Å². The summed E-state index contributed by atoms with van der Waals surface area (Å²) < 4.78 is 1.75. The number of hydrogen-bond donors (Lipinski definition) is 2. The number of aliphatic imine (C=N–C) groups is 1. The highest BCUT2D eigenvalue weighted by Gasteiger charge is 2.23. The van der Waals surface area contributed by atoms with Crippen molar-refractivity contribution < 1.29 is 0 Å². The fraction of sp³-hybridized carbons (Fsp3) is 0.318. The lowest BCUT2D eigenvalue weighted by Gasteiger charge is -2.20. The SMILES string of the molecule is CCNC(=NCc1ccc(-n2cncn2)cc1)NC1CCN(c2ccccc2)C1. The average Bonchev–Trinajstić information content (AvgIpc) is 3.46. The van der Waals surface area contributed by atoms with E-state index in [1.807, 2.05) is 12.1 Å². The summed E-state index contributed by atoms with van der Waals surface area (Å²) >= 11 is 0. The van der Waals surface area contributed by atoms with E-state index >= 15 is 0 Å². The summed E-state index contributed by atoms with van der Waals surface area (Å²) in [6.07, 6.45) is 4.33. The predicted octanol–water partition coefficient (Wildman–Crippen LogP) is 2.60. The molecular weight excluding hydrogens is 362 g/mol. The van der Waals surface area contributed by atoms with Crippen LogP contribution < -0.4 is 15.5 Å². The quantitative estimate of drug-likeness (QED) is 0.501. The maximum absolute atomic E-state index is 4.78. The highest BCUT2D eigenvalue weighted by Crippen LogP contribution is 2.19. The van der Waals surface area contributed by atoms with Crippen LogP contribution in [-0.4, -0.2) is 46.4 Å². The molecule has 0 amide bonds. The molecule has 2 N–H and O–H groups in total. The Labute approximate surface area is 171 Å². The van der Waals surface area contributed by atoms with Gasteiger partial charge in [0.1, 0.15) is 12.7 Å². The Kier molecular flexibility index (Phi) is 6.04. The Morgan fingerprint density at radius 3 is 2.66 bits per heavy atom. The molecule has 4 rings (SSSR count). The monoisotopic (exact) mass is 389 g/mol. The third kappa shape index (κ3) is 4.93. The Bertz CT molecular complexity index is 904. The van der Waals surface area contributed by atoms with E-state index in [4.69, 9.17) is 4.99 Å². The van der Waals surface area contributed by atoms with E-state index in [9.17, 15) is 0 Å². The summed E-state index contributed by atoms with van der Waals surface area (Å²) in [6.45, 7) is 5.61. The van der Waals surface area contributed by atoms with Gasteiger partial charge in [-0.15, -0.1) is 0 Å². The first-order valence-electron chi connectivity index (χ1n) is 10.1. The second-order valence-electron chi connectivity index (χ2n) is 7.11. The number of aromatic nitrogens is 3. The van der Waals surface area contributed by atoms with Crippen molar-refractivity contribution in [3.63, 3.8) is 0 Å². The van der Waals surface area contributed by atoms with Crippen molar-refractivity contribution in [3.05, 3.63) is 72.8 Å². The van der Waals surface area contributed by atoms with E-state index < -0.39 is 0 Å². The van der Waals surface area contributed by atoms with E-state index in [1.165, 1.54) is 12.0 Å². The third-order valence-electron chi connectivity index (χ3n) is 5.03. The lowest BCUT2D eigenvalue weighted by molar-refractivity contribution is 0.649. The van der Waals surface area contributed by atoms with Gasteiger partial charge in [-0.1, -0.05) is 30.3 Å². The zero-order valence-electron chi connectivity index (χ0n) is 16.7. The molecule has 1 saturated heterocycles. The van der Waals surface area contributed by atoms with E-state index in [2.05, 4.69) is 75.0 Å². The lowest BCUT2D eigenvalue weighted by Crippen LogP contribution is -2.44. The Balaban J connectivity index is 1.35. The van der Waals surface area contributed by atoms with Crippen LogP contribution in [0, 0.1) is 0 Å². The molecule has 0 bridgehead atoms. The minimum atomic E-state index is 0.391. The summed E-state index contributed by atoms with van der Waals surface area (Å²) in [4.78, 5) is 11.2. The number of benzene rings is 2. The standard InChI is InChI=1S/C22H27N7/c1-2-24-22(27-19-12-13-28(15-19)20-6-4-3-5-7-20)25-14-18-8-10-21(11-9-18)29-17-23-16-26-29/h3-11,16-17,19H,2,12-15H2,1H3,(H2,24,25,27). The maximum Gasteiger partial charge on any atom is 0.191 e. The molecule has 1 aromatic heterocycles. The lowest BCUT2D eigenvalue weighted by atomic mass is 10.2. The summed E-state index contributed by atoms with van der Waals surface area (Å²) in [7, 11) is 0. The number of hydrogen-bond acceptors (Lipinski definition) is 4. The molecule has 1 unspecified atom stereocenters. The molecule has 0 spiro atoms. The molecule has 0 saturated carbocycles. The molecule has 150 valence electrons. The molecule has 7 nitrogen and oxygen atoms in total. The van der Waals surface area contributed by atoms with Crippen LogP contribution in [0.1, 0.15) is 18.9 Å². The van der Waals surface area contributed by atoms with Gasteiger partial charge in [0, 0.05) is 31.4 Å². The molecule has 3 aromatic rings. The molecule has 0 radical (unpaired) electrons. The van der Waals surface area contributed by atoms with Crippen LogP contribution in [0.3, 0.4) is 0 Å². The molecule has 29 heavy (non-hydrogen) atoms. The summed E-state index contributed by atoms with van der Waals surface area (Å²) in [5, 5.41) is 11.1. The van der Waals surface area contributed by atoms with Gasteiger partial charge in [-0.25, -0.2) is 14.7 Å². The van der Waals surface area contributed by atoms with E-state index in [0.717, 1.165) is 43.3 Å². The zero-order chi connectivity index (χ0) is 19.9. The zero-order valence-corrected chi connectivity index (χ0v) is 16.7. The van der Waals surface area contributed by atoms with Crippen molar-refractivity contribution >= 4 is 11.6 Å². The Hall–Kier alpha value is -3.35.